The fourth-order valence-corrected chi connectivity index (χ4v) is 2.24. The summed E-state index contributed by atoms with van der Waals surface area (Å²) in [5.41, 5.74) is 1.18. The van der Waals surface area contributed by atoms with Gasteiger partial charge in [-0.05, 0) is 30.0 Å². The molecular formula is C12H8F2OS. The third-order valence-electron chi connectivity index (χ3n) is 2.28. The average molecular weight is 238 g/mol. The van der Waals surface area contributed by atoms with Gasteiger partial charge in [0.15, 0.2) is 5.78 Å². The number of hydrogen-bond acceptors (Lipinski definition) is 2. The monoisotopic (exact) mass is 238 g/mol. The van der Waals surface area contributed by atoms with Crippen molar-refractivity contribution >= 4 is 17.1 Å². The van der Waals surface area contributed by atoms with E-state index in [1.807, 2.05) is 5.38 Å². The number of ketones is 1. The van der Waals surface area contributed by atoms with Crippen LogP contribution in [0.3, 0.4) is 0 Å². The number of rotatable bonds is 2. The zero-order chi connectivity index (χ0) is 11.7. The maximum Gasteiger partial charge on any atom is 0.197 e. The predicted octanol–water partition coefficient (Wildman–Crippen LogP) is 3.57. The smallest absolute Gasteiger partial charge is 0.197 e. The van der Waals surface area contributed by atoms with Gasteiger partial charge in [-0.2, -0.15) is 11.3 Å². The minimum absolute atomic E-state index is 0.0945. The Morgan fingerprint density at radius 1 is 1.19 bits per heavy atom. The van der Waals surface area contributed by atoms with Gasteiger partial charge in [-0.3, -0.25) is 4.79 Å². The lowest BCUT2D eigenvalue weighted by Gasteiger charge is -2.02. The van der Waals surface area contributed by atoms with E-state index in [-0.39, 0.29) is 5.56 Å². The summed E-state index contributed by atoms with van der Waals surface area (Å²) in [4.78, 5) is 11.9. The van der Waals surface area contributed by atoms with Gasteiger partial charge in [-0.25, -0.2) is 8.78 Å². The molecule has 1 nitrogen and oxygen atoms in total. The van der Waals surface area contributed by atoms with Gasteiger partial charge in [-0.15, -0.1) is 0 Å². The molecule has 0 fully saturated rings. The Labute approximate surface area is 95.4 Å². The van der Waals surface area contributed by atoms with Crippen molar-refractivity contribution in [2.24, 2.45) is 0 Å². The van der Waals surface area contributed by atoms with E-state index in [2.05, 4.69) is 0 Å². The van der Waals surface area contributed by atoms with Crippen LogP contribution in [0.4, 0.5) is 8.78 Å². The van der Waals surface area contributed by atoms with Crippen molar-refractivity contribution < 1.29 is 13.6 Å². The van der Waals surface area contributed by atoms with Gasteiger partial charge < -0.3 is 0 Å². The molecule has 2 rings (SSSR count). The van der Waals surface area contributed by atoms with E-state index in [0.29, 0.717) is 5.56 Å². The van der Waals surface area contributed by atoms with Crippen LogP contribution in [0.25, 0.3) is 0 Å². The lowest BCUT2D eigenvalue weighted by molar-refractivity contribution is 0.103. The molecule has 0 spiro atoms. The Morgan fingerprint density at radius 3 is 2.50 bits per heavy atom. The molecule has 0 aliphatic rings. The molecule has 0 amide bonds. The summed E-state index contributed by atoms with van der Waals surface area (Å²) in [5, 5.41) is 3.48. The first-order valence-corrected chi connectivity index (χ1v) is 5.56. The Hall–Kier alpha value is -1.55. The van der Waals surface area contributed by atoms with Crippen LogP contribution >= 0.6 is 11.3 Å². The maximum atomic E-state index is 13.4. The van der Waals surface area contributed by atoms with E-state index in [0.717, 1.165) is 17.7 Å². The molecule has 0 saturated heterocycles. The molecule has 0 N–H and O–H groups in total. The van der Waals surface area contributed by atoms with Gasteiger partial charge in [0.2, 0.25) is 0 Å². The fourth-order valence-electron chi connectivity index (χ4n) is 1.41. The third kappa shape index (κ3) is 1.88. The molecule has 1 aromatic carbocycles. The highest BCUT2D eigenvalue weighted by atomic mass is 32.1. The molecule has 2 aromatic rings. The van der Waals surface area contributed by atoms with Crippen LogP contribution < -0.4 is 0 Å². The highest BCUT2D eigenvalue weighted by Gasteiger charge is 2.16. The van der Waals surface area contributed by atoms with Gasteiger partial charge in [0.1, 0.15) is 11.6 Å². The number of hydrogen-bond donors (Lipinski definition) is 0. The normalized spacial score (nSPS) is 10.4. The van der Waals surface area contributed by atoms with Gasteiger partial charge in [0.05, 0.1) is 5.56 Å². The molecule has 1 aromatic heterocycles. The number of aryl methyl sites for hydroxylation is 1. The third-order valence-corrected chi connectivity index (χ3v) is 3.14. The average Bonchev–Trinajstić information content (AvgIpc) is 2.63. The molecule has 16 heavy (non-hydrogen) atoms. The van der Waals surface area contributed by atoms with E-state index >= 15 is 0 Å². The highest BCUT2D eigenvalue weighted by Crippen LogP contribution is 2.20. The molecule has 0 unspecified atom stereocenters. The number of benzene rings is 1. The standard InChI is InChI=1S/C12H8F2OS/c1-7-5-16-6-10(7)12(15)9-3-2-8(13)4-11(9)14/h2-6H,1H3. The number of carbonyl (C=O) groups is 1. The summed E-state index contributed by atoms with van der Waals surface area (Å²) in [5.74, 6) is -1.91. The van der Waals surface area contributed by atoms with Crippen molar-refractivity contribution in [2.45, 2.75) is 6.92 Å². The second-order valence-electron chi connectivity index (χ2n) is 3.42. The van der Waals surface area contributed by atoms with Crippen molar-refractivity contribution in [3.63, 3.8) is 0 Å². The van der Waals surface area contributed by atoms with Crippen LogP contribution in [0, 0.1) is 18.6 Å². The van der Waals surface area contributed by atoms with Crippen molar-refractivity contribution in [3.8, 4) is 0 Å². The van der Waals surface area contributed by atoms with E-state index < -0.39 is 17.4 Å². The van der Waals surface area contributed by atoms with Crippen LogP contribution in [0.5, 0.6) is 0 Å². The SMILES string of the molecule is Cc1cscc1C(=O)c1ccc(F)cc1F. The topological polar surface area (TPSA) is 17.1 Å². The highest BCUT2D eigenvalue weighted by molar-refractivity contribution is 7.08. The Morgan fingerprint density at radius 2 is 1.94 bits per heavy atom. The van der Waals surface area contributed by atoms with E-state index in [1.165, 1.54) is 17.4 Å². The van der Waals surface area contributed by atoms with Gasteiger partial charge in [0.25, 0.3) is 0 Å². The van der Waals surface area contributed by atoms with Crippen molar-refractivity contribution in [1.82, 2.24) is 0 Å². The lowest BCUT2D eigenvalue weighted by Crippen LogP contribution is -2.04. The molecule has 0 aliphatic carbocycles. The Kier molecular flexibility index (Phi) is 2.83. The van der Waals surface area contributed by atoms with Crippen LogP contribution in [0.1, 0.15) is 21.5 Å². The fraction of sp³-hybridized carbons (Fsp3) is 0.0833. The van der Waals surface area contributed by atoms with Gasteiger partial charge in [-0.1, -0.05) is 0 Å². The minimum Gasteiger partial charge on any atom is -0.288 e. The molecular weight excluding hydrogens is 230 g/mol. The number of halogens is 2. The number of carbonyl (C=O) groups excluding carboxylic acids is 1. The molecule has 82 valence electrons. The molecule has 1 heterocycles. The summed E-state index contributed by atoms with van der Waals surface area (Å²) in [6.45, 7) is 1.78. The van der Waals surface area contributed by atoms with Gasteiger partial charge in [0, 0.05) is 17.0 Å². The molecule has 0 saturated carbocycles. The summed E-state index contributed by atoms with van der Waals surface area (Å²) in [6, 6.07) is 2.97. The van der Waals surface area contributed by atoms with E-state index in [4.69, 9.17) is 0 Å². The minimum atomic E-state index is -0.824. The first-order chi connectivity index (χ1) is 7.59. The van der Waals surface area contributed by atoms with Crippen molar-refractivity contribution in [2.75, 3.05) is 0 Å². The summed E-state index contributed by atoms with van der Waals surface area (Å²) >= 11 is 1.38. The summed E-state index contributed by atoms with van der Waals surface area (Å²) in [6.07, 6.45) is 0. The summed E-state index contributed by atoms with van der Waals surface area (Å²) in [7, 11) is 0. The molecule has 0 aliphatic heterocycles. The maximum absolute atomic E-state index is 13.4. The van der Waals surface area contributed by atoms with Crippen molar-refractivity contribution in [1.29, 1.82) is 0 Å². The number of thiophene rings is 1. The quantitative estimate of drug-likeness (QED) is 0.731. The van der Waals surface area contributed by atoms with Crippen LogP contribution in [-0.4, -0.2) is 5.78 Å². The molecule has 0 radical (unpaired) electrons. The Balaban J connectivity index is 2.46. The second kappa shape index (κ2) is 4.14. The Bertz CT molecular complexity index is 546. The second-order valence-corrected chi connectivity index (χ2v) is 4.17. The van der Waals surface area contributed by atoms with E-state index in [1.54, 1.807) is 12.3 Å². The van der Waals surface area contributed by atoms with Gasteiger partial charge >= 0.3 is 0 Å². The van der Waals surface area contributed by atoms with Crippen LogP contribution in [-0.2, 0) is 0 Å². The first-order valence-electron chi connectivity index (χ1n) is 4.62. The molecule has 0 atom stereocenters. The van der Waals surface area contributed by atoms with Crippen LogP contribution in [0.2, 0.25) is 0 Å². The lowest BCUT2D eigenvalue weighted by atomic mass is 10.0. The summed E-state index contributed by atoms with van der Waals surface area (Å²) < 4.78 is 26.1. The zero-order valence-corrected chi connectivity index (χ0v) is 9.28. The molecule has 4 heteroatoms. The van der Waals surface area contributed by atoms with Crippen LogP contribution in [0.15, 0.2) is 29.0 Å². The predicted molar refractivity (Wildman–Crippen MR) is 58.8 cm³/mol. The molecule has 0 bridgehead atoms. The largest absolute Gasteiger partial charge is 0.288 e. The first kappa shape index (κ1) is 11.0. The zero-order valence-electron chi connectivity index (χ0n) is 8.46. The van der Waals surface area contributed by atoms with Crippen molar-refractivity contribution in [3.05, 3.63) is 57.3 Å². The van der Waals surface area contributed by atoms with E-state index in [9.17, 15) is 13.6 Å².